The fourth-order valence-electron chi connectivity index (χ4n) is 5.87. The Bertz CT molecular complexity index is 890. The average Bonchev–Trinajstić information content (AvgIpc) is 3.50. The van der Waals surface area contributed by atoms with E-state index in [1.54, 1.807) is 0 Å². The van der Waals surface area contributed by atoms with Crippen LogP contribution < -0.4 is 15.2 Å². The van der Waals surface area contributed by atoms with Crippen molar-refractivity contribution in [1.29, 1.82) is 0 Å². The molecular formula is C27H41N3O6. The second-order valence-electron chi connectivity index (χ2n) is 10.2. The van der Waals surface area contributed by atoms with Gasteiger partial charge in [-0.25, -0.2) is 0 Å². The third-order valence-electron chi connectivity index (χ3n) is 7.79. The van der Waals surface area contributed by atoms with Gasteiger partial charge >= 0.3 is 5.97 Å². The van der Waals surface area contributed by atoms with Crippen molar-refractivity contribution < 1.29 is 28.9 Å². The van der Waals surface area contributed by atoms with E-state index >= 15 is 0 Å². The number of aliphatic carboxylic acids is 1. The molecule has 4 rings (SSSR count). The summed E-state index contributed by atoms with van der Waals surface area (Å²) in [4.78, 5) is 29.9. The molecular weight excluding hydrogens is 462 g/mol. The van der Waals surface area contributed by atoms with E-state index in [0.717, 1.165) is 50.7 Å². The van der Waals surface area contributed by atoms with Gasteiger partial charge in [-0.1, -0.05) is 19.4 Å². The van der Waals surface area contributed by atoms with Gasteiger partial charge in [0.25, 0.3) is 0 Å². The average molecular weight is 504 g/mol. The number of benzene rings is 1. The Hall–Kier alpha value is -2.36. The van der Waals surface area contributed by atoms with Crippen LogP contribution in [0.3, 0.4) is 0 Å². The van der Waals surface area contributed by atoms with E-state index in [4.69, 9.17) is 19.9 Å². The molecule has 2 fully saturated rings. The van der Waals surface area contributed by atoms with E-state index in [0.29, 0.717) is 44.1 Å². The molecule has 4 atom stereocenters. The van der Waals surface area contributed by atoms with E-state index in [1.807, 2.05) is 23.1 Å². The second-order valence-corrected chi connectivity index (χ2v) is 10.2. The number of nitrogens with two attached hydrogens (primary N) is 1. The normalized spacial score (nSPS) is 25.7. The number of amides is 1. The van der Waals surface area contributed by atoms with Gasteiger partial charge in [-0.15, -0.1) is 0 Å². The van der Waals surface area contributed by atoms with Gasteiger partial charge in [0.15, 0.2) is 11.5 Å². The SMILES string of the molecule is CCCCN(CCN)C(=O)CN1C[C@H](c2ccc3c(c2)OCO3)[C@@H](C(=O)O)[C@@H]1CCC1CCCCO1. The predicted octanol–water partition coefficient (Wildman–Crippen LogP) is 2.82. The lowest BCUT2D eigenvalue weighted by Crippen LogP contribution is -2.46. The van der Waals surface area contributed by atoms with Gasteiger partial charge in [0.1, 0.15) is 0 Å². The molecule has 0 spiro atoms. The zero-order valence-electron chi connectivity index (χ0n) is 21.4. The van der Waals surface area contributed by atoms with Crippen molar-refractivity contribution in [3.63, 3.8) is 0 Å². The molecule has 9 nitrogen and oxygen atoms in total. The summed E-state index contributed by atoms with van der Waals surface area (Å²) in [6.45, 7) is 5.35. The molecule has 0 aromatic heterocycles. The Labute approximate surface area is 213 Å². The van der Waals surface area contributed by atoms with E-state index in [9.17, 15) is 14.7 Å². The molecule has 0 saturated carbocycles. The summed E-state index contributed by atoms with van der Waals surface area (Å²) in [5, 5.41) is 10.4. The molecule has 200 valence electrons. The summed E-state index contributed by atoms with van der Waals surface area (Å²) >= 11 is 0. The van der Waals surface area contributed by atoms with Crippen LogP contribution in [0.1, 0.15) is 63.4 Å². The van der Waals surface area contributed by atoms with E-state index in [-0.39, 0.29) is 37.3 Å². The third kappa shape index (κ3) is 6.30. The van der Waals surface area contributed by atoms with Gasteiger partial charge in [0, 0.05) is 44.7 Å². The van der Waals surface area contributed by atoms with Gasteiger partial charge in [0.2, 0.25) is 12.7 Å². The molecule has 0 aliphatic carbocycles. The number of carboxylic acid groups (broad SMARTS) is 1. The molecule has 3 N–H and O–H groups in total. The third-order valence-corrected chi connectivity index (χ3v) is 7.79. The van der Waals surface area contributed by atoms with Crippen molar-refractivity contribution in [2.24, 2.45) is 11.7 Å². The number of ether oxygens (including phenoxy) is 3. The van der Waals surface area contributed by atoms with Crippen LogP contribution in [0.15, 0.2) is 18.2 Å². The van der Waals surface area contributed by atoms with Gasteiger partial charge in [-0.2, -0.15) is 0 Å². The molecule has 3 aliphatic heterocycles. The monoisotopic (exact) mass is 503 g/mol. The lowest BCUT2D eigenvalue weighted by Gasteiger charge is -2.31. The van der Waals surface area contributed by atoms with Crippen LogP contribution >= 0.6 is 0 Å². The number of carbonyl (C=O) groups is 2. The first-order valence-corrected chi connectivity index (χ1v) is 13.5. The number of carbonyl (C=O) groups excluding carboxylic acids is 1. The number of hydrogen-bond acceptors (Lipinski definition) is 7. The molecule has 1 aromatic rings. The van der Waals surface area contributed by atoms with Crippen molar-refractivity contribution in [3.8, 4) is 11.5 Å². The molecule has 3 aliphatic rings. The maximum Gasteiger partial charge on any atom is 0.308 e. The molecule has 1 aromatic carbocycles. The van der Waals surface area contributed by atoms with Crippen molar-refractivity contribution in [1.82, 2.24) is 9.80 Å². The molecule has 36 heavy (non-hydrogen) atoms. The highest BCUT2D eigenvalue weighted by Gasteiger charge is 2.47. The van der Waals surface area contributed by atoms with E-state index in [2.05, 4.69) is 11.8 Å². The number of likely N-dealkylation sites (tertiary alicyclic amines) is 1. The molecule has 1 unspecified atom stereocenters. The van der Waals surface area contributed by atoms with Crippen LogP contribution in [0.2, 0.25) is 0 Å². The number of unbranched alkanes of at least 4 members (excludes halogenated alkanes) is 1. The minimum Gasteiger partial charge on any atom is -0.481 e. The summed E-state index contributed by atoms with van der Waals surface area (Å²) in [6, 6.07) is 5.43. The summed E-state index contributed by atoms with van der Waals surface area (Å²) in [6.07, 6.45) is 6.80. The van der Waals surface area contributed by atoms with Crippen LogP contribution in [-0.4, -0.2) is 85.1 Å². The fraction of sp³-hybridized carbons (Fsp3) is 0.704. The molecule has 9 heteroatoms. The number of carboxylic acids is 1. The maximum atomic E-state index is 13.3. The Morgan fingerprint density at radius 3 is 2.72 bits per heavy atom. The van der Waals surface area contributed by atoms with Crippen LogP contribution in [0.25, 0.3) is 0 Å². The molecule has 0 bridgehead atoms. The fourth-order valence-corrected chi connectivity index (χ4v) is 5.87. The maximum absolute atomic E-state index is 13.3. The minimum atomic E-state index is -0.827. The number of hydrogen-bond donors (Lipinski definition) is 2. The zero-order chi connectivity index (χ0) is 25.5. The highest BCUT2D eigenvalue weighted by molar-refractivity contribution is 5.79. The minimum absolute atomic E-state index is 0.0169. The van der Waals surface area contributed by atoms with Crippen LogP contribution in [0.5, 0.6) is 11.5 Å². The summed E-state index contributed by atoms with van der Waals surface area (Å²) in [7, 11) is 0. The Kier molecular flexibility index (Phi) is 9.45. The lowest BCUT2D eigenvalue weighted by atomic mass is 9.83. The van der Waals surface area contributed by atoms with Crippen molar-refractivity contribution in [2.75, 3.05) is 46.1 Å². The quantitative estimate of drug-likeness (QED) is 0.448. The smallest absolute Gasteiger partial charge is 0.308 e. The van der Waals surface area contributed by atoms with E-state index in [1.165, 1.54) is 0 Å². The van der Waals surface area contributed by atoms with Crippen LogP contribution in [0.4, 0.5) is 0 Å². The van der Waals surface area contributed by atoms with Gasteiger partial charge < -0.3 is 30.0 Å². The molecule has 1 amide bonds. The van der Waals surface area contributed by atoms with E-state index < -0.39 is 11.9 Å². The van der Waals surface area contributed by atoms with Gasteiger partial charge in [0.05, 0.1) is 18.6 Å². The number of rotatable bonds is 12. The Balaban J connectivity index is 1.56. The standard InChI is InChI=1S/C27H41N3O6/c1-2-3-12-29(13-11-28)25(31)17-30-16-21(19-7-10-23-24(15-19)36-18-35-23)26(27(32)33)22(30)9-8-20-6-4-5-14-34-20/h7,10,15,20-22,26H,2-6,8-9,11-14,16-18,28H2,1H3,(H,32,33)/t20?,21-,22+,26-/m1/s1. The lowest BCUT2D eigenvalue weighted by molar-refractivity contribution is -0.144. The van der Waals surface area contributed by atoms with Crippen LogP contribution in [0, 0.1) is 5.92 Å². The number of fused-ring (bicyclic) bond motifs is 1. The predicted molar refractivity (Wildman–Crippen MR) is 135 cm³/mol. The number of nitrogens with zero attached hydrogens (tertiary/aromatic N) is 2. The summed E-state index contributed by atoms with van der Waals surface area (Å²) in [5.74, 6) is -0.363. The van der Waals surface area contributed by atoms with Crippen molar-refractivity contribution in [3.05, 3.63) is 23.8 Å². The van der Waals surface area contributed by atoms with Crippen molar-refractivity contribution >= 4 is 11.9 Å². The first kappa shape index (κ1) is 26.7. The first-order chi connectivity index (χ1) is 17.5. The Morgan fingerprint density at radius 1 is 1.17 bits per heavy atom. The highest BCUT2D eigenvalue weighted by Crippen LogP contribution is 2.43. The van der Waals surface area contributed by atoms with Crippen molar-refractivity contribution in [2.45, 2.75) is 69.9 Å². The second kappa shape index (κ2) is 12.7. The molecule has 3 heterocycles. The van der Waals surface area contributed by atoms with Gasteiger partial charge in [-0.05, 0) is 56.2 Å². The largest absolute Gasteiger partial charge is 0.481 e. The summed E-state index contributed by atoms with van der Waals surface area (Å²) < 4.78 is 17.0. The summed E-state index contributed by atoms with van der Waals surface area (Å²) in [5.41, 5.74) is 6.70. The Morgan fingerprint density at radius 2 is 2.00 bits per heavy atom. The van der Waals surface area contributed by atoms with Gasteiger partial charge in [-0.3, -0.25) is 14.5 Å². The molecule has 0 radical (unpaired) electrons. The highest BCUT2D eigenvalue weighted by atomic mass is 16.7. The first-order valence-electron chi connectivity index (χ1n) is 13.5. The zero-order valence-corrected chi connectivity index (χ0v) is 21.4. The topological polar surface area (TPSA) is 115 Å². The molecule has 2 saturated heterocycles. The van der Waals surface area contributed by atoms with Crippen LogP contribution in [-0.2, 0) is 14.3 Å².